The fourth-order valence-electron chi connectivity index (χ4n) is 2.54. The van der Waals surface area contributed by atoms with Gasteiger partial charge in [0.05, 0.1) is 6.61 Å². The fraction of sp³-hybridized carbons (Fsp3) is 0.923. The van der Waals surface area contributed by atoms with E-state index >= 15 is 0 Å². The average molecular weight is 257 g/mol. The maximum Gasteiger partial charge on any atom is 0.241 e. The number of hydrogen-bond donors (Lipinski definition) is 1. The van der Waals surface area contributed by atoms with Crippen molar-refractivity contribution in [3.05, 3.63) is 0 Å². The molecule has 1 saturated heterocycles. The van der Waals surface area contributed by atoms with Crippen molar-refractivity contribution in [3.63, 3.8) is 0 Å². The van der Waals surface area contributed by atoms with Crippen molar-refractivity contribution in [1.29, 1.82) is 0 Å². The molecule has 1 aliphatic heterocycles. The van der Waals surface area contributed by atoms with Crippen LogP contribution in [0.1, 0.15) is 26.2 Å². The third-order valence-electron chi connectivity index (χ3n) is 3.66. The van der Waals surface area contributed by atoms with E-state index in [9.17, 15) is 4.79 Å². The summed E-state index contributed by atoms with van der Waals surface area (Å²) in [7, 11) is 3.42. The van der Waals surface area contributed by atoms with Crippen LogP contribution in [0.2, 0.25) is 0 Å². The summed E-state index contributed by atoms with van der Waals surface area (Å²) >= 11 is 0. The Morgan fingerprint density at radius 3 is 2.61 bits per heavy atom. The molecule has 2 N–H and O–H groups in total. The summed E-state index contributed by atoms with van der Waals surface area (Å²) in [6, 6.07) is -0.206. The Balaban J connectivity index is 2.39. The third kappa shape index (κ3) is 4.23. The van der Waals surface area contributed by atoms with Gasteiger partial charge in [-0.2, -0.15) is 0 Å². The highest BCUT2D eigenvalue weighted by Crippen LogP contribution is 2.16. The van der Waals surface area contributed by atoms with Crippen LogP contribution in [0, 0.1) is 0 Å². The van der Waals surface area contributed by atoms with Gasteiger partial charge in [-0.15, -0.1) is 0 Å². The first kappa shape index (κ1) is 15.4. The maximum atomic E-state index is 12.0. The lowest BCUT2D eigenvalue weighted by Crippen LogP contribution is -2.51. The molecular formula is C13H27N3O2. The first-order chi connectivity index (χ1) is 8.60. The first-order valence-corrected chi connectivity index (χ1v) is 6.83. The zero-order chi connectivity index (χ0) is 13.5. The summed E-state index contributed by atoms with van der Waals surface area (Å²) in [6.07, 6.45) is 3.28. The maximum absolute atomic E-state index is 12.0. The second kappa shape index (κ2) is 7.71. The summed E-state index contributed by atoms with van der Waals surface area (Å²) < 4.78 is 4.93. The van der Waals surface area contributed by atoms with Crippen LogP contribution in [0.3, 0.4) is 0 Å². The highest BCUT2D eigenvalue weighted by molar-refractivity contribution is 5.81. The highest BCUT2D eigenvalue weighted by Gasteiger charge is 2.27. The second-order valence-electron chi connectivity index (χ2n) is 5.08. The number of methoxy groups -OCH3 is 1. The van der Waals surface area contributed by atoms with E-state index in [1.165, 1.54) is 6.42 Å². The summed E-state index contributed by atoms with van der Waals surface area (Å²) in [5, 5.41) is 0. The largest absolute Gasteiger partial charge is 0.383 e. The van der Waals surface area contributed by atoms with Gasteiger partial charge in [0.15, 0.2) is 0 Å². The molecule has 106 valence electrons. The molecule has 5 heteroatoms. The molecule has 0 aliphatic carbocycles. The summed E-state index contributed by atoms with van der Waals surface area (Å²) in [6.45, 7) is 5.81. The minimum atomic E-state index is -0.534. The van der Waals surface area contributed by atoms with Gasteiger partial charge in [-0.3, -0.25) is 4.79 Å². The Bertz CT molecular complexity index is 253. The molecule has 1 unspecified atom stereocenters. The number of likely N-dealkylation sites (tertiary alicyclic amines) is 1. The van der Waals surface area contributed by atoms with E-state index in [0.717, 1.165) is 32.5 Å². The number of nitrogens with zero attached hydrogens (tertiary/aromatic N) is 2. The van der Waals surface area contributed by atoms with Crippen molar-refractivity contribution in [2.45, 2.75) is 38.3 Å². The molecule has 1 rings (SSSR count). The Labute approximate surface area is 110 Å². The van der Waals surface area contributed by atoms with E-state index in [2.05, 4.69) is 11.8 Å². The second-order valence-corrected chi connectivity index (χ2v) is 5.08. The van der Waals surface area contributed by atoms with Crippen LogP contribution in [0.5, 0.6) is 0 Å². The minimum absolute atomic E-state index is 0.00853. The van der Waals surface area contributed by atoms with Gasteiger partial charge in [0.25, 0.3) is 0 Å². The van der Waals surface area contributed by atoms with Crippen molar-refractivity contribution in [2.75, 3.05) is 40.4 Å². The van der Waals surface area contributed by atoms with Crippen molar-refractivity contribution in [3.8, 4) is 0 Å². The molecule has 1 amide bonds. The Morgan fingerprint density at radius 1 is 1.50 bits per heavy atom. The van der Waals surface area contributed by atoms with Gasteiger partial charge < -0.3 is 20.3 Å². The summed E-state index contributed by atoms with van der Waals surface area (Å²) in [4.78, 5) is 16.3. The number of likely N-dealkylation sites (N-methyl/N-ethyl adjacent to an activating group) is 1. The predicted molar refractivity (Wildman–Crippen MR) is 72.4 cm³/mol. The number of carbonyl (C=O) groups excluding carboxylic acids is 1. The van der Waals surface area contributed by atoms with Gasteiger partial charge in [-0.1, -0.05) is 6.92 Å². The van der Waals surface area contributed by atoms with Crippen LogP contribution in [0.25, 0.3) is 0 Å². The number of nitrogens with two attached hydrogens (primary N) is 1. The van der Waals surface area contributed by atoms with Crippen LogP contribution in [-0.2, 0) is 9.53 Å². The molecular weight excluding hydrogens is 230 g/mol. The topological polar surface area (TPSA) is 58.8 Å². The normalized spacial score (nSPS) is 19.8. The molecule has 1 fully saturated rings. The molecule has 0 bridgehead atoms. The van der Waals surface area contributed by atoms with E-state index in [-0.39, 0.29) is 12.5 Å². The summed E-state index contributed by atoms with van der Waals surface area (Å²) in [5.74, 6) is -0.00853. The van der Waals surface area contributed by atoms with Crippen molar-refractivity contribution in [2.24, 2.45) is 5.73 Å². The van der Waals surface area contributed by atoms with Gasteiger partial charge in [0, 0.05) is 33.3 Å². The molecule has 1 atom stereocenters. The number of carbonyl (C=O) groups is 1. The number of hydrogen-bond acceptors (Lipinski definition) is 4. The predicted octanol–water partition coefficient (Wildman–Crippen LogP) is 0.293. The monoisotopic (exact) mass is 257 g/mol. The van der Waals surface area contributed by atoms with Gasteiger partial charge in [0.1, 0.15) is 6.04 Å². The molecule has 5 nitrogen and oxygen atoms in total. The zero-order valence-corrected chi connectivity index (χ0v) is 11.9. The van der Waals surface area contributed by atoms with Crippen LogP contribution in [-0.4, -0.2) is 68.2 Å². The average Bonchev–Trinajstić information content (AvgIpc) is 2.38. The molecule has 0 aromatic carbocycles. The summed E-state index contributed by atoms with van der Waals surface area (Å²) in [5.41, 5.74) is 5.78. The fourth-order valence-corrected chi connectivity index (χ4v) is 2.54. The standard InChI is InChI=1S/C13H27N3O2/c1-4-7-16-8-5-11(6-9-16)15(2)13(17)12(14)10-18-3/h11-12H,4-10,14H2,1-3H3. The lowest BCUT2D eigenvalue weighted by molar-refractivity contribution is -0.135. The molecule has 0 spiro atoms. The van der Waals surface area contributed by atoms with Gasteiger partial charge >= 0.3 is 0 Å². The lowest BCUT2D eigenvalue weighted by Gasteiger charge is -2.37. The van der Waals surface area contributed by atoms with Crippen LogP contribution >= 0.6 is 0 Å². The van der Waals surface area contributed by atoms with E-state index in [0.29, 0.717) is 6.04 Å². The Kier molecular flexibility index (Phi) is 6.60. The van der Waals surface area contributed by atoms with Crippen molar-refractivity contribution in [1.82, 2.24) is 9.80 Å². The van der Waals surface area contributed by atoms with Gasteiger partial charge in [-0.25, -0.2) is 0 Å². The van der Waals surface area contributed by atoms with E-state index in [1.54, 1.807) is 7.11 Å². The molecule has 0 saturated carbocycles. The van der Waals surface area contributed by atoms with Crippen molar-refractivity contribution >= 4 is 5.91 Å². The molecule has 1 aliphatic rings. The lowest BCUT2D eigenvalue weighted by atomic mass is 10.0. The van der Waals surface area contributed by atoms with Gasteiger partial charge in [0.2, 0.25) is 5.91 Å². The SMILES string of the molecule is CCCN1CCC(N(C)C(=O)C(N)COC)CC1. The molecule has 0 aromatic heterocycles. The number of ether oxygens (including phenoxy) is 1. The minimum Gasteiger partial charge on any atom is -0.383 e. The zero-order valence-electron chi connectivity index (χ0n) is 11.9. The number of rotatable bonds is 6. The van der Waals surface area contributed by atoms with Crippen LogP contribution in [0.4, 0.5) is 0 Å². The van der Waals surface area contributed by atoms with Crippen LogP contribution in [0.15, 0.2) is 0 Å². The Hall–Kier alpha value is -0.650. The highest BCUT2D eigenvalue weighted by atomic mass is 16.5. The van der Waals surface area contributed by atoms with E-state index < -0.39 is 6.04 Å². The van der Waals surface area contributed by atoms with E-state index in [4.69, 9.17) is 10.5 Å². The first-order valence-electron chi connectivity index (χ1n) is 6.83. The van der Waals surface area contributed by atoms with Gasteiger partial charge in [-0.05, 0) is 25.8 Å². The van der Waals surface area contributed by atoms with Crippen LogP contribution < -0.4 is 5.73 Å². The van der Waals surface area contributed by atoms with E-state index in [1.807, 2.05) is 11.9 Å². The smallest absolute Gasteiger partial charge is 0.241 e. The van der Waals surface area contributed by atoms with Crippen molar-refractivity contribution < 1.29 is 9.53 Å². The molecule has 1 heterocycles. The number of piperidine rings is 1. The molecule has 18 heavy (non-hydrogen) atoms. The number of amides is 1. The molecule has 0 radical (unpaired) electrons. The third-order valence-corrected chi connectivity index (χ3v) is 3.66. The Morgan fingerprint density at radius 2 is 2.11 bits per heavy atom. The molecule has 0 aromatic rings. The quantitative estimate of drug-likeness (QED) is 0.743.